The first kappa shape index (κ1) is 47.1. The molecule has 0 radical (unpaired) electrons. The van der Waals surface area contributed by atoms with E-state index < -0.39 is 12.1 Å². The summed E-state index contributed by atoms with van der Waals surface area (Å²) < 4.78 is 0. The zero-order chi connectivity index (χ0) is 35.7. The predicted molar refractivity (Wildman–Crippen MR) is 216 cm³/mol. The highest BCUT2D eigenvalue weighted by Gasteiger charge is 2.17. The molecule has 49 heavy (non-hydrogen) atoms. The fourth-order valence-electron chi connectivity index (χ4n) is 5.95. The highest BCUT2D eigenvalue weighted by Crippen LogP contribution is 2.14. The molecular formula is C45H81NO3. The lowest BCUT2D eigenvalue weighted by atomic mass is 10.0. The van der Waals surface area contributed by atoms with E-state index in [-0.39, 0.29) is 12.5 Å². The van der Waals surface area contributed by atoms with Gasteiger partial charge in [-0.25, -0.2) is 0 Å². The molecule has 4 heteroatoms. The Balaban J connectivity index is 3.66. The Morgan fingerprint density at radius 3 is 1.39 bits per heavy atom. The van der Waals surface area contributed by atoms with Crippen molar-refractivity contribution in [3.05, 3.63) is 60.8 Å². The Labute approximate surface area is 305 Å². The van der Waals surface area contributed by atoms with Crippen LogP contribution in [0.3, 0.4) is 0 Å². The highest BCUT2D eigenvalue weighted by molar-refractivity contribution is 5.76. The molecule has 4 nitrogen and oxygen atoms in total. The summed E-state index contributed by atoms with van der Waals surface area (Å²) in [5.41, 5.74) is 0. The molecule has 0 aliphatic heterocycles. The molecule has 0 spiro atoms. The van der Waals surface area contributed by atoms with Gasteiger partial charge in [0, 0.05) is 6.42 Å². The molecule has 0 aromatic rings. The van der Waals surface area contributed by atoms with Gasteiger partial charge >= 0.3 is 0 Å². The Kier molecular flexibility index (Phi) is 38.9. The molecule has 0 fully saturated rings. The van der Waals surface area contributed by atoms with Crippen molar-refractivity contribution in [3.63, 3.8) is 0 Å². The van der Waals surface area contributed by atoms with Gasteiger partial charge in [0.1, 0.15) is 0 Å². The van der Waals surface area contributed by atoms with Crippen LogP contribution in [-0.4, -0.2) is 34.9 Å². The zero-order valence-corrected chi connectivity index (χ0v) is 32.4. The molecule has 0 aliphatic carbocycles. The van der Waals surface area contributed by atoms with Gasteiger partial charge in [-0.2, -0.15) is 0 Å². The quantitative estimate of drug-likeness (QED) is 0.0451. The van der Waals surface area contributed by atoms with Crippen LogP contribution in [0.1, 0.15) is 200 Å². The summed E-state index contributed by atoms with van der Waals surface area (Å²) in [4.78, 5) is 12.3. The van der Waals surface area contributed by atoms with E-state index in [4.69, 9.17) is 0 Å². The summed E-state index contributed by atoms with van der Waals surface area (Å²) in [5, 5.41) is 22.9. The van der Waals surface area contributed by atoms with Crippen LogP contribution in [0.15, 0.2) is 60.8 Å². The second-order valence-corrected chi connectivity index (χ2v) is 14.0. The van der Waals surface area contributed by atoms with Crippen LogP contribution < -0.4 is 5.32 Å². The molecule has 2 atom stereocenters. The molecule has 0 heterocycles. The third kappa shape index (κ3) is 37.2. The van der Waals surface area contributed by atoms with E-state index in [9.17, 15) is 15.0 Å². The Hall–Kier alpha value is -1.91. The third-order valence-corrected chi connectivity index (χ3v) is 9.18. The molecule has 0 aromatic heterocycles. The maximum Gasteiger partial charge on any atom is 0.220 e. The van der Waals surface area contributed by atoms with Crippen molar-refractivity contribution in [2.75, 3.05) is 6.61 Å². The van der Waals surface area contributed by atoms with Crippen LogP contribution in [0.25, 0.3) is 0 Å². The number of carbonyl (C=O) groups is 1. The standard InChI is InChI=1S/C45H81NO3/c1-3-5-7-9-11-13-15-17-18-19-20-21-22-23-24-25-26-27-29-30-32-34-36-38-40-44(48)43(42-47)46-45(49)41-39-37-35-33-31-28-16-14-12-10-8-6-4-2/h8,10,14,16,25-26,30,32,38,40,43-44,47-48H,3-7,9,11-13,15,17-24,27-29,31,33-37,39,41-42H2,1-2H3,(H,46,49)/b10-8-,16-14-,26-25+,32-30+,40-38+. The van der Waals surface area contributed by atoms with E-state index in [1.54, 1.807) is 6.08 Å². The number of rotatable bonds is 37. The summed E-state index contributed by atoms with van der Waals surface area (Å²) in [5.74, 6) is -0.0952. The molecule has 0 saturated heterocycles. The van der Waals surface area contributed by atoms with Crippen molar-refractivity contribution >= 4 is 5.91 Å². The molecule has 0 saturated carbocycles. The average Bonchev–Trinajstić information content (AvgIpc) is 3.10. The largest absolute Gasteiger partial charge is 0.394 e. The van der Waals surface area contributed by atoms with Crippen molar-refractivity contribution in [1.82, 2.24) is 5.32 Å². The van der Waals surface area contributed by atoms with Crippen molar-refractivity contribution in [3.8, 4) is 0 Å². The van der Waals surface area contributed by atoms with Crippen LogP contribution in [0.5, 0.6) is 0 Å². The first-order chi connectivity index (χ1) is 24.2. The van der Waals surface area contributed by atoms with E-state index in [0.717, 1.165) is 57.8 Å². The Morgan fingerprint density at radius 2 is 0.898 bits per heavy atom. The maximum atomic E-state index is 12.3. The fraction of sp³-hybridized carbons (Fsp3) is 0.756. The summed E-state index contributed by atoms with van der Waals surface area (Å²) in [7, 11) is 0. The number of hydrogen-bond acceptors (Lipinski definition) is 3. The second-order valence-electron chi connectivity index (χ2n) is 14.0. The predicted octanol–water partition coefficient (Wildman–Crippen LogP) is 13.0. The van der Waals surface area contributed by atoms with Gasteiger partial charge in [0.25, 0.3) is 0 Å². The van der Waals surface area contributed by atoms with Crippen LogP contribution in [0.2, 0.25) is 0 Å². The number of hydrogen-bond donors (Lipinski definition) is 3. The lowest BCUT2D eigenvalue weighted by Crippen LogP contribution is -2.45. The molecule has 0 bridgehead atoms. The van der Waals surface area contributed by atoms with Crippen molar-refractivity contribution in [1.29, 1.82) is 0 Å². The Morgan fingerprint density at radius 1 is 0.490 bits per heavy atom. The monoisotopic (exact) mass is 684 g/mol. The summed E-state index contributed by atoms with van der Waals surface area (Å²) in [6.45, 7) is 4.21. The van der Waals surface area contributed by atoms with Crippen molar-refractivity contribution in [2.45, 2.75) is 212 Å². The van der Waals surface area contributed by atoms with Crippen molar-refractivity contribution < 1.29 is 15.0 Å². The van der Waals surface area contributed by atoms with E-state index >= 15 is 0 Å². The van der Waals surface area contributed by atoms with Crippen LogP contribution in [0, 0.1) is 0 Å². The van der Waals surface area contributed by atoms with Gasteiger partial charge in [0.05, 0.1) is 18.8 Å². The van der Waals surface area contributed by atoms with Crippen molar-refractivity contribution in [2.24, 2.45) is 0 Å². The number of nitrogens with one attached hydrogen (secondary N) is 1. The van der Waals surface area contributed by atoms with Gasteiger partial charge in [-0.05, 0) is 70.6 Å². The minimum atomic E-state index is -0.877. The summed E-state index contributed by atoms with van der Waals surface area (Å²) >= 11 is 0. The molecule has 3 N–H and O–H groups in total. The number of carbonyl (C=O) groups excluding carboxylic acids is 1. The lowest BCUT2D eigenvalue weighted by Gasteiger charge is -2.19. The molecule has 0 aromatic carbocycles. The normalized spacial score (nSPS) is 13.6. The summed E-state index contributed by atoms with van der Waals surface area (Å²) in [6, 6.07) is -0.653. The molecule has 284 valence electrons. The summed E-state index contributed by atoms with van der Waals surface area (Å²) in [6.07, 6.45) is 56.1. The van der Waals surface area contributed by atoms with Gasteiger partial charge in [0.15, 0.2) is 0 Å². The van der Waals surface area contributed by atoms with E-state index in [1.165, 1.54) is 122 Å². The molecule has 0 aliphatic rings. The van der Waals surface area contributed by atoms with Gasteiger partial charge in [-0.3, -0.25) is 4.79 Å². The number of allylic oxidation sites excluding steroid dienone is 9. The first-order valence-corrected chi connectivity index (χ1v) is 21.0. The molecular weight excluding hydrogens is 602 g/mol. The van der Waals surface area contributed by atoms with E-state index in [1.807, 2.05) is 6.08 Å². The SMILES string of the molecule is CCC/C=C\C/C=C\CCCCCCCC(=O)NC(CO)C(O)/C=C/CC/C=C/CC/C=C/CCCCCCCCCCCCCCCC. The maximum absolute atomic E-state index is 12.3. The van der Waals surface area contributed by atoms with E-state index in [2.05, 4.69) is 67.8 Å². The van der Waals surface area contributed by atoms with Gasteiger partial charge in [0.2, 0.25) is 5.91 Å². The van der Waals surface area contributed by atoms with Gasteiger partial charge < -0.3 is 15.5 Å². The van der Waals surface area contributed by atoms with Gasteiger partial charge in [-0.15, -0.1) is 0 Å². The number of amides is 1. The molecule has 1 amide bonds. The van der Waals surface area contributed by atoms with Crippen LogP contribution in [-0.2, 0) is 4.79 Å². The smallest absolute Gasteiger partial charge is 0.220 e. The first-order valence-electron chi connectivity index (χ1n) is 21.0. The van der Waals surface area contributed by atoms with Crippen LogP contribution in [0.4, 0.5) is 0 Å². The topological polar surface area (TPSA) is 69.6 Å². The second kappa shape index (κ2) is 40.5. The Bertz CT molecular complexity index is 827. The fourth-order valence-corrected chi connectivity index (χ4v) is 5.95. The molecule has 2 unspecified atom stereocenters. The van der Waals surface area contributed by atoms with E-state index in [0.29, 0.717) is 6.42 Å². The average molecular weight is 684 g/mol. The van der Waals surface area contributed by atoms with Crippen LogP contribution >= 0.6 is 0 Å². The highest BCUT2D eigenvalue weighted by atomic mass is 16.3. The minimum absolute atomic E-state index is 0.0952. The number of aliphatic hydroxyl groups excluding tert-OH is 2. The third-order valence-electron chi connectivity index (χ3n) is 9.18. The number of aliphatic hydroxyl groups is 2. The number of unbranched alkanes of at least 4 members (excludes halogenated alkanes) is 22. The minimum Gasteiger partial charge on any atom is -0.394 e. The molecule has 0 rings (SSSR count). The van der Waals surface area contributed by atoms with Gasteiger partial charge in [-0.1, -0.05) is 184 Å². The lowest BCUT2D eigenvalue weighted by molar-refractivity contribution is -0.123. The zero-order valence-electron chi connectivity index (χ0n) is 32.4.